The van der Waals surface area contributed by atoms with Crippen molar-refractivity contribution in [2.45, 2.75) is 45.1 Å². The highest BCUT2D eigenvalue weighted by atomic mass is 32.2. The quantitative estimate of drug-likeness (QED) is 0.779. The number of fused-ring (bicyclic) bond motifs is 1. The van der Waals surface area contributed by atoms with E-state index in [1.807, 2.05) is 19.9 Å². The fourth-order valence-electron chi connectivity index (χ4n) is 2.98. The molecule has 0 saturated heterocycles. The number of carbonyl (C=O) groups is 1. The van der Waals surface area contributed by atoms with Crippen LogP contribution in [0.1, 0.15) is 39.2 Å². The van der Waals surface area contributed by atoms with Crippen LogP contribution in [-0.2, 0) is 14.9 Å². The van der Waals surface area contributed by atoms with Crippen molar-refractivity contribution in [3.63, 3.8) is 0 Å². The van der Waals surface area contributed by atoms with Crippen molar-refractivity contribution in [2.75, 3.05) is 11.4 Å². The van der Waals surface area contributed by atoms with Crippen LogP contribution in [0.25, 0.3) is 0 Å². The zero-order valence-corrected chi connectivity index (χ0v) is 14.9. The van der Waals surface area contributed by atoms with Gasteiger partial charge in [-0.15, -0.1) is 0 Å². The number of para-hydroxylation sites is 1. The summed E-state index contributed by atoms with van der Waals surface area (Å²) in [4.78, 5) is 12.5. The average Bonchev–Trinajstić information content (AvgIpc) is 2.43. The highest BCUT2D eigenvalue weighted by molar-refractivity contribution is 7.86. The Morgan fingerprint density at radius 3 is 2.38 bits per heavy atom. The van der Waals surface area contributed by atoms with Gasteiger partial charge in [-0.1, -0.05) is 39.8 Å². The monoisotopic (exact) mass is 357 g/mol. The molecule has 2 rings (SSSR count). The average molecular weight is 357 g/mol. The summed E-state index contributed by atoms with van der Waals surface area (Å²) in [5.41, 5.74) is 1.23. The molecule has 0 amide bonds. The van der Waals surface area contributed by atoms with E-state index in [2.05, 4.69) is 0 Å². The third-order valence-electron chi connectivity index (χ3n) is 4.07. The van der Waals surface area contributed by atoms with Gasteiger partial charge in [-0.3, -0.25) is 9.35 Å². The molecule has 2 unspecified atom stereocenters. The normalized spacial score (nSPS) is 20.9. The lowest BCUT2D eigenvalue weighted by atomic mass is 9.97. The molecule has 7 nitrogen and oxygen atoms in total. The second-order valence-electron chi connectivity index (χ2n) is 6.60. The number of anilines is 1. The van der Waals surface area contributed by atoms with E-state index in [4.69, 9.17) is 4.74 Å². The Morgan fingerprint density at radius 2 is 1.92 bits per heavy atom. The van der Waals surface area contributed by atoms with E-state index in [1.54, 1.807) is 26.0 Å². The Morgan fingerprint density at radius 1 is 1.29 bits per heavy atom. The fraction of sp³-hybridized carbons (Fsp3) is 0.562. The highest BCUT2D eigenvalue weighted by Gasteiger charge is 2.46. The molecule has 2 atom stereocenters. The fourth-order valence-corrected chi connectivity index (χ4v) is 4.20. The van der Waals surface area contributed by atoms with Gasteiger partial charge < -0.3 is 14.7 Å². The van der Waals surface area contributed by atoms with E-state index in [9.17, 15) is 22.9 Å². The number of nitrogens with zero attached hydrogens (tertiary/aromatic N) is 1. The molecule has 0 aliphatic carbocycles. The third-order valence-corrected chi connectivity index (χ3v) is 5.20. The van der Waals surface area contributed by atoms with Crippen LogP contribution in [0.3, 0.4) is 0 Å². The summed E-state index contributed by atoms with van der Waals surface area (Å²) in [5, 5.41) is 7.75. The minimum atomic E-state index is -4.55. The number of hydrogen-bond donors (Lipinski definition) is 2. The van der Waals surface area contributed by atoms with E-state index in [0.29, 0.717) is 11.4 Å². The highest BCUT2D eigenvalue weighted by Crippen LogP contribution is 2.43. The van der Waals surface area contributed by atoms with Crippen molar-refractivity contribution < 1.29 is 27.6 Å². The number of rotatable bonds is 5. The first-order chi connectivity index (χ1) is 11.0. The summed E-state index contributed by atoms with van der Waals surface area (Å²) < 4.78 is 39.6. The molecule has 24 heavy (non-hydrogen) atoms. The summed E-state index contributed by atoms with van der Waals surface area (Å²) >= 11 is 0. The minimum Gasteiger partial charge on any atom is -0.484 e. The van der Waals surface area contributed by atoms with E-state index in [0.717, 1.165) is 5.56 Å². The van der Waals surface area contributed by atoms with Crippen LogP contribution in [0.15, 0.2) is 18.2 Å². The largest absolute Gasteiger partial charge is 0.484 e. The van der Waals surface area contributed by atoms with Gasteiger partial charge >= 0.3 is 5.97 Å². The molecular weight excluding hydrogens is 334 g/mol. The Balaban J connectivity index is 2.70. The topological polar surface area (TPSA) is 104 Å². The molecule has 1 aromatic carbocycles. The first-order valence-corrected chi connectivity index (χ1v) is 9.28. The number of benzene rings is 1. The van der Waals surface area contributed by atoms with Gasteiger partial charge in [0.1, 0.15) is 18.4 Å². The van der Waals surface area contributed by atoms with E-state index < -0.39 is 34.1 Å². The Labute approximate surface area is 142 Å². The van der Waals surface area contributed by atoms with E-state index >= 15 is 0 Å². The van der Waals surface area contributed by atoms with Crippen LogP contribution in [0.2, 0.25) is 0 Å². The second-order valence-corrected chi connectivity index (χ2v) is 8.12. The molecule has 1 aromatic rings. The Kier molecular flexibility index (Phi) is 5.10. The zero-order valence-electron chi connectivity index (χ0n) is 14.1. The number of ether oxygens (including phenoxy) is 1. The summed E-state index contributed by atoms with van der Waals surface area (Å²) in [6, 6.07) is 5.20. The molecule has 0 bridgehead atoms. The first-order valence-electron chi connectivity index (χ1n) is 7.78. The lowest BCUT2D eigenvalue weighted by molar-refractivity contribution is -0.135. The van der Waals surface area contributed by atoms with Crippen molar-refractivity contribution >= 4 is 21.8 Å². The molecule has 2 N–H and O–H groups in total. The predicted molar refractivity (Wildman–Crippen MR) is 90.1 cm³/mol. The van der Waals surface area contributed by atoms with Gasteiger partial charge in [0.2, 0.25) is 0 Å². The molecule has 1 aliphatic heterocycles. The van der Waals surface area contributed by atoms with Gasteiger partial charge in [-0.2, -0.15) is 8.42 Å². The number of hydrogen-bond acceptors (Lipinski definition) is 5. The van der Waals surface area contributed by atoms with Gasteiger partial charge in [0, 0.05) is 0 Å². The number of carboxylic acids is 1. The molecule has 0 aromatic heterocycles. The maximum atomic E-state index is 12.0. The van der Waals surface area contributed by atoms with Gasteiger partial charge in [0.25, 0.3) is 10.1 Å². The van der Waals surface area contributed by atoms with Gasteiger partial charge in [-0.05, 0) is 23.5 Å². The number of carboxylic acid groups (broad SMARTS) is 1. The Hall–Kier alpha value is -1.80. The Bertz CT molecular complexity index is 728. The smallest absolute Gasteiger partial charge is 0.323 e. The molecule has 0 radical (unpaired) electrons. The zero-order chi connectivity index (χ0) is 18.2. The SMILES string of the molecule is CC(C)c1cccc2c1OC(C(C)C)C(S(=O)(=O)O)N2CC(=O)O. The van der Waals surface area contributed by atoms with Gasteiger partial charge in [-0.25, -0.2) is 0 Å². The predicted octanol–water partition coefficient (Wildman–Crippen LogP) is 2.33. The molecule has 0 spiro atoms. The van der Waals surface area contributed by atoms with Crippen LogP contribution in [0, 0.1) is 5.92 Å². The molecule has 0 saturated carbocycles. The van der Waals surface area contributed by atoms with E-state index in [-0.39, 0.29) is 11.8 Å². The second kappa shape index (κ2) is 6.60. The standard InChI is InChI=1S/C16H23NO6S/c1-9(2)11-6-5-7-12-15(11)23-14(10(3)4)16(24(20,21)22)17(12)8-13(18)19/h5-7,9-10,14,16H,8H2,1-4H3,(H,18,19)(H,20,21,22). The molecule has 0 fully saturated rings. The van der Waals surface area contributed by atoms with Gasteiger partial charge in [0.15, 0.2) is 5.37 Å². The van der Waals surface area contributed by atoms with Crippen molar-refractivity contribution in [2.24, 2.45) is 5.92 Å². The van der Waals surface area contributed by atoms with Gasteiger partial charge in [0.05, 0.1) is 5.69 Å². The first kappa shape index (κ1) is 18.5. The van der Waals surface area contributed by atoms with Crippen molar-refractivity contribution in [1.82, 2.24) is 0 Å². The molecule has 8 heteroatoms. The van der Waals surface area contributed by atoms with Crippen molar-refractivity contribution in [3.05, 3.63) is 23.8 Å². The van der Waals surface area contributed by atoms with E-state index in [1.165, 1.54) is 4.90 Å². The molecule has 1 heterocycles. The summed E-state index contributed by atoms with van der Waals surface area (Å²) in [6.45, 7) is 6.93. The van der Waals surface area contributed by atoms with Crippen molar-refractivity contribution in [1.29, 1.82) is 0 Å². The lowest BCUT2D eigenvalue weighted by Gasteiger charge is -2.43. The maximum absolute atomic E-state index is 12.0. The van der Waals surface area contributed by atoms with Crippen LogP contribution < -0.4 is 9.64 Å². The summed E-state index contributed by atoms with van der Waals surface area (Å²) in [6.07, 6.45) is -0.883. The molecular formula is C16H23NO6S. The lowest BCUT2D eigenvalue weighted by Crippen LogP contribution is -2.57. The summed E-state index contributed by atoms with van der Waals surface area (Å²) in [7, 11) is -4.55. The number of aliphatic carboxylic acids is 1. The van der Waals surface area contributed by atoms with Crippen LogP contribution in [-0.4, -0.2) is 42.1 Å². The van der Waals surface area contributed by atoms with Crippen LogP contribution in [0.4, 0.5) is 5.69 Å². The third kappa shape index (κ3) is 3.49. The molecule has 134 valence electrons. The molecule has 1 aliphatic rings. The van der Waals surface area contributed by atoms with Crippen LogP contribution in [0.5, 0.6) is 5.75 Å². The minimum absolute atomic E-state index is 0.113. The van der Waals surface area contributed by atoms with Crippen LogP contribution >= 0.6 is 0 Å². The van der Waals surface area contributed by atoms with Crippen molar-refractivity contribution in [3.8, 4) is 5.75 Å². The maximum Gasteiger partial charge on any atom is 0.323 e. The summed E-state index contributed by atoms with van der Waals surface area (Å²) in [5.74, 6) is -0.843.